The van der Waals surface area contributed by atoms with Crippen LogP contribution in [0.3, 0.4) is 0 Å². The Morgan fingerprint density at radius 1 is 1.09 bits per heavy atom. The quantitative estimate of drug-likeness (QED) is 0.397. The molecule has 2 aliphatic rings. The van der Waals surface area contributed by atoms with Gasteiger partial charge < -0.3 is 19.5 Å². The average Bonchev–Trinajstić information content (AvgIpc) is 3.10. The first-order chi connectivity index (χ1) is 16.0. The first kappa shape index (κ1) is 23.0. The van der Waals surface area contributed by atoms with E-state index in [1.165, 1.54) is 0 Å². The summed E-state index contributed by atoms with van der Waals surface area (Å²) in [5.41, 5.74) is 2.25. The van der Waals surface area contributed by atoms with Gasteiger partial charge in [0.25, 0.3) is 11.7 Å². The van der Waals surface area contributed by atoms with E-state index < -0.39 is 17.7 Å². The second-order valence-electron chi connectivity index (χ2n) is 8.40. The van der Waals surface area contributed by atoms with Crippen molar-refractivity contribution in [2.45, 2.75) is 19.4 Å². The minimum absolute atomic E-state index is 0.127. The number of morpholine rings is 1. The molecule has 0 bridgehead atoms. The zero-order valence-corrected chi connectivity index (χ0v) is 19.1. The monoisotopic (exact) mass is 450 g/mol. The van der Waals surface area contributed by atoms with Gasteiger partial charge in [0.15, 0.2) is 0 Å². The van der Waals surface area contributed by atoms with Crippen molar-refractivity contribution in [2.24, 2.45) is 0 Å². The van der Waals surface area contributed by atoms with Gasteiger partial charge in [-0.25, -0.2) is 0 Å². The second kappa shape index (κ2) is 10.2. The van der Waals surface area contributed by atoms with Gasteiger partial charge in [-0.1, -0.05) is 30.3 Å². The summed E-state index contributed by atoms with van der Waals surface area (Å²) < 4.78 is 10.7. The highest BCUT2D eigenvalue weighted by Gasteiger charge is 2.45. The largest absolute Gasteiger partial charge is 0.507 e. The Bertz CT molecular complexity index is 1040. The molecule has 0 aliphatic carbocycles. The molecule has 2 heterocycles. The fourth-order valence-corrected chi connectivity index (χ4v) is 4.56. The number of rotatable bonds is 7. The molecular weight excluding hydrogens is 420 g/mol. The van der Waals surface area contributed by atoms with Crippen LogP contribution in [-0.2, 0) is 14.3 Å². The highest BCUT2D eigenvalue weighted by Crippen LogP contribution is 2.39. The molecule has 2 fully saturated rings. The molecule has 0 unspecified atom stereocenters. The van der Waals surface area contributed by atoms with E-state index >= 15 is 0 Å². The predicted molar refractivity (Wildman–Crippen MR) is 125 cm³/mol. The number of benzene rings is 2. The Labute approximate surface area is 194 Å². The number of ketones is 1. The van der Waals surface area contributed by atoms with Gasteiger partial charge in [-0.05, 0) is 42.7 Å². The van der Waals surface area contributed by atoms with E-state index in [1.54, 1.807) is 30.2 Å². The minimum Gasteiger partial charge on any atom is -0.507 e. The fourth-order valence-electron chi connectivity index (χ4n) is 4.56. The van der Waals surface area contributed by atoms with Crippen molar-refractivity contribution in [2.75, 3.05) is 46.5 Å². The zero-order chi connectivity index (χ0) is 23.4. The molecule has 1 N–H and O–H groups in total. The molecular formula is C26H30N2O5. The van der Waals surface area contributed by atoms with Gasteiger partial charge in [-0.2, -0.15) is 0 Å². The molecule has 2 aromatic carbocycles. The lowest BCUT2D eigenvalue weighted by atomic mass is 9.95. The summed E-state index contributed by atoms with van der Waals surface area (Å²) in [4.78, 5) is 30.1. The maximum atomic E-state index is 13.1. The molecule has 7 nitrogen and oxygen atoms in total. The number of carbonyl (C=O) groups excluding carboxylic acids is 2. The van der Waals surface area contributed by atoms with Crippen molar-refractivity contribution < 1.29 is 24.2 Å². The molecule has 33 heavy (non-hydrogen) atoms. The number of aliphatic hydroxyl groups excluding tert-OH is 1. The molecule has 174 valence electrons. The number of hydrogen-bond donors (Lipinski definition) is 1. The minimum atomic E-state index is -0.652. The topological polar surface area (TPSA) is 79.3 Å². The Morgan fingerprint density at radius 2 is 1.82 bits per heavy atom. The summed E-state index contributed by atoms with van der Waals surface area (Å²) >= 11 is 0. The summed E-state index contributed by atoms with van der Waals surface area (Å²) in [5, 5.41) is 11.2. The number of aryl methyl sites for hydroxylation is 1. The third kappa shape index (κ3) is 4.79. The van der Waals surface area contributed by atoms with Gasteiger partial charge in [0.1, 0.15) is 11.5 Å². The van der Waals surface area contributed by atoms with Gasteiger partial charge in [0.05, 0.1) is 31.9 Å². The smallest absolute Gasteiger partial charge is 0.295 e. The maximum absolute atomic E-state index is 13.1. The Balaban J connectivity index is 1.66. The Hall–Kier alpha value is -3.16. The molecule has 2 aliphatic heterocycles. The van der Waals surface area contributed by atoms with Crippen LogP contribution in [0.5, 0.6) is 5.75 Å². The number of ether oxygens (including phenoxy) is 2. The molecule has 1 amide bonds. The van der Waals surface area contributed by atoms with Crippen molar-refractivity contribution in [3.63, 3.8) is 0 Å². The van der Waals surface area contributed by atoms with Gasteiger partial charge in [-0.15, -0.1) is 0 Å². The molecule has 0 saturated carbocycles. The summed E-state index contributed by atoms with van der Waals surface area (Å²) in [7, 11) is 1.58. The third-order valence-corrected chi connectivity index (χ3v) is 6.30. The molecule has 0 radical (unpaired) electrons. The number of aliphatic hydroxyl groups is 1. The lowest BCUT2D eigenvalue weighted by Crippen LogP contribution is -2.38. The van der Waals surface area contributed by atoms with Crippen LogP contribution in [0, 0.1) is 6.92 Å². The number of Topliss-reactive ketones (excluding diaryl/α,β-unsaturated/α-hetero) is 1. The standard InChI is InChI=1S/C26H30N2O5/c1-18-17-20(9-10-21(18)32-2)24(29)22-23(19-7-4-3-5-8-19)28(26(31)25(22)30)12-6-11-27-13-15-33-16-14-27/h3-5,7-10,17,23,29H,6,11-16H2,1-2H3/t23-/m1/s1. The Morgan fingerprint density at radius 3 is 2.48 bits per heavy atom. The van der Waals surface area contributed by atoms with E-state index in [9.17, 15) is 14.7 Å². The van der Waals surface area contributed by atoms with E-state index in [1.807, 2.05) is 37.3 Å². The fraction of sp³-hybridized carbons (Fsp3) is 0.385. The molecule has 2 saturated heterocycles. The highest BCUT2D eigenvalue weighted by atomic mass is 16.5. The molecule has 7 heteroatoms. The lowest BCUT2D eigenvalue weighted by molar-refractivity contribution is -0.140. The van der Waals surface area contributed by atoms with Crippen LogP contribution in [-0.4, -0.2) is 73.1 Å². The third-order valence-electron chi connectivity index (χ3n) is 6.30. The van der Waals surface area contributed by atoms with Gasteiger partial charge in [0.2, 0.25) is 0 Å². The van der Waals surface area contributed by atoms with Crippen molar-refractivity contribution in [1.29, 1.82) is 0 Å². The van der Waals surface area contributed by atoms with Crippen LogP contribution in [0.1, 0.15) is 29.2 Å². The van der Waals surface area contributed by atoms with E-state index in [0.29, 0.717) is 17.9 Å². The van der Waals surface area contributed by atoms with Crippen LogP contribution in [0.4, 0.5) is 0 Å². The summed E-state index contributed by atoms with van der Waals surface area (Å²) in [6, 6.07) is 14.0. The van der Waals surface area contributed by atoms with Crippen LogP contribution >= 0.6 is 0 Å². The van der Waals surface area contributed by atoms with E-state index in [4.69, 9.17) is 9.47 Å². The SMILES string of the molecule is COc1ccc(C(O)=C2C(=O)C(=O)N(CCCN3CCOCC3)[C@@H]2c2ccccc2)cc1C. The molecule has 0 spiro atoms. The van der Waals surface area contributed by atoms with Crippen molar-refractivity contribution in [1.82, 2.24) is 9.80 Å². The van der Waals surface area contributed by atoms with Crippen LogP contribution in [0.2, 0.25) is 0 Å². The van der Waals surface area contributed by atoms with Gasteiger partial charge in [0, 0.05) is 31.7 Å². The maximum Gasteiger partial charge on any atom is 0.295 e. The number of likely N-dealkylation sites (tertiary alicyclic amines) is 1. The second-order valence-corrected chi connectivity index (χ2v) is 8.40. The molecule has 2 aromatic rings. The average molecular weight is 451 g/mol. The van der Waals surface area contributed by atoms with E-state index in [2.05, 4.69) is 4.90 Å². The van der Waals surface area contributed by atoms with E-state index in [-0.39, 0.29) is 11.3 Å². The first-order valence-electron chi connectivity index (χ1n) is 11.3. The zero-order valence-electron chi connectivity index (χ0n) is 19.1. The normalized spacial score (nSPS) is 20.9. The predicted octanol–water partition coefficient (Wildman–Crippen LogP) is 3.15. The number of nitrogens with zero attached hydrogens (tertiary/aromatic N) is 2. The Kier molecular flexibility index (Phi) is 7.11. The number of hydrogen-bond acceptors (Lipinski definition) is 6. The van der Waals surface area contributed by atoms with Crippen LogP contribution in [0.25, 0.3) is 5.76 Å². The lowest BCUT2D eigenvalue weighted by Gasteiger charge is -2.29. The van der Waals surface area contributed by atoms with Gasteiger partial charge >= 0.3 is 0 Å². The van der Waals surface area contributed by atoms with Crippen LogP contribution in [0.15, 0.2) is 54.1 Å². The molecule has 0 aromatic heterocycles. The summed E-state index contributed by atoms with van der Waals surface area (Å²) in [6.07, 6.45) is 0.734. The number of methoxy groups -OCH3 is 1. The summed E-state index contributed by atoms with van der Waals surface area (Å²) in [6.45, 7) is 6.31. The summed E-state index contributed by atoms with van der Waals surface area (Å²) in [5.74, 6) is -0.697. The first-order valence-corrected chi connectivity index (χ1v) is 11.3. The van der Waals surface area contributed by atoms with Gasteiger partial charge in [-0.3, -0.25) is 14.5 Å². The van der Waals surface area contributed by atoms with Crippen LogP contribution < -0.4 is 4.74 Å². The molecule has 4 rings (SSSR count). The molecule has 1 atom stereocenters. The van der Waals surface area contributed by atoms with Crippen molar-refractivity contribution in [3.8, 4) is 5.75 Å². The highest BCUT2D eigenvalue weighted by molar-refractivity contribution is 6.46. The van der Waals surface area contributed by atoms with Crippen molar-refractivity contribution in [3.05, 3.63) is 70.8 Å². The van der Waals surface area contributed by atoms with Crippen molar-refractivity contribution >= 4 is 17.4 Å². The number of amides is 1. The number of carbonyl (C=O) groups is 2. The van der Waals surface area contributed by atoms with E-state index in [0.717, 1.165) is 50.4 Å².